The van der Waals surface area contributed by atoms with Crippen molar-refractivity contribution in [3.8, 4) is 0 Å². The van der Waals surface area contributed by atoms with Gasteiger partial charge >= 0.3 is 0 Å². The van der Waals surface area contributed by atoms with Gasteiger partial charge in [-0.2, -0.15) is 0 Å². The van der Waals surface area contributed by atoms with Crippen LogP contribution in [0.4, 0.5) is 0 Å². The van der Waals surface area contributed by atoms with Crippen LogP contribution in [0.1, 0.15) is 6.42 Å². The molecule has 0 bridgehead atoms. The van der Waals surface area contributed by atoms with Gasteiger partial charge in [-0.1, -0.05) is 0 Å². The van der Waals surface area contributed by atoms with Crippen LogP contribution in [0.25, 0.3) is 0 Å². The van der Waals surface area contributed by atoms with Crippen LogP contribution in [0, 0.1) is 5.41 Å². The summed E-state index contributed by atoms with van der Waals surface area (Å²) in [6.07, 6.45) is 4.00. The Bertz CT molecular complexity index is 85.7. The summed E-state index contributed by atoms with van der Waals surface area (Å²) < 4.78 is 4.56. The van der Waals surface area contributed by atoms with Crippen LogP contribution in [0.2, 0.25) is 0 Å². The van der Waals surface area contributed by atoms with Crippen molar-refractivity contribution in [1.29, 1.82) is 5.41 Å². The van der Waals surface area contributed by atoms with Crippen molar-refractivity contribution in [2.24, 2.45) is 0 Å². The van der Waals surface area contributed by atoms with Crippen LogP contribution >= 0.6 is 0 Å². The molecule has 1 rings (SSSR count). The Morgan fingerprint density at radius 2 is 2.67 bits per heavy atom. The van der Waals surface area contributed by atoms with E-state index in [-0.39, 0.29) is 0 Å². The zero-order chi connectivity index (χ0) is 4.41. The van der Waals surface area contributed by atoms with Crippen LogP contribution < -0.4 is 0 Å². The van der Waals surface area contributed by atoms with Gasteiger partial charge in [0.25, 0.3) is 0 Å². The molecule has 1 heterocycles. The lowest BCUT2D eigenvalue weighted by Crippen LogP contribution is -1.85. The molecule has 0 unspecified atom stereocenters. The van der Waals surface area contributed by atoms with Crippen LogP contribution in [-0.2, 0) is 4.74 Å². The fraction of sp³-hybridized carbons (Fsp3) is 0.250. The molecule has 1 N–H and O–H groups in total. The standard InChI is InChI=1S/C4H5NO/c5-4-2-1-3-6-4/h1,3,5H,2H2. The second kappa shape index (κ2) is 1.12. The molecule has 2 heteroatoms. The summed E-state index contributed by atoms with van der Waals surface area (Å²) in [7, 11) is 0. The van der Waals surface area contributed by atoms with Gasteiger partial charge in [0, 0.05) is 6.42 Å². The largest absolute Gasteiger partial charge is 0.451 e. The summed E-state index contributed by atoms with van der Waals surface area (Å²) in [5, 5.41) is 6.76. The van der Waals surface area contributed by atoms with Crippen molar-refractivity contribution in [3.63, 3.8) is 0 Å². The third-order valence-electron chi connectivity index (χ3n) is 0.610. The van der Waals surface area contributed by atoms with Gasteiger partial charge in [-0.25, -0.2) is 0 Å². The number of nitrogens with one attached hydrogen (secondary N) is 1. The molecule has 0 atom stereocenters. The quantitative estimate of drug-likeness (QED) is 0.463. The van der Waals surface area contributed by atoms with Gasteiger partial charge < -0.3 is 4.74 Å². The second-order valence-corrected chi connectivity index (χ2v) is 1.12. The van der Waals surface area contributed by atoms with Gasteiger partial charge in [0.1, 0.15) is 0 Å². The van der Waals surface area contributed by atoms with E-state index in [0.29, 0.717) is 12.3 Å². The van der Waals surface area contributed by atoms with E-state index in [1.165, 1.54) is 6.26 Å². The highest BCUT2D eigenvalue weighted by Crippen LogP contribution is 1.97. The monoisotopic (exact) mass is 83.0 g/mol. The van der Waals surface area contributed by atoms with Crippen LogP contribution in [-0.4, -0.2) is 5.90 Å². The Morgan fingerprint density at radius 1 is 1.83 bits per heavy atom. The fourth-order valence-corrected chi connectivity index (χ4v) is 0.334. The number of ether oxygens (including phenoxy) is 1. The molecule has 0 aromatic rings. The lowest BCUT2D eigenvalue weighted by molar-refractivity contribution is 0.478. The maximum absolute atomic E-state index is 6.76. The lowest BCUT2D eigenvalue weighted by Gasteiger charge is -1.83. The minimum absolute atomic E-state index is 0.343. The maximum atomic E-state index is 6.76. The molecular formula is C4H5NO. The third-order valence-corrected chi connectivity index (χ3v) is 0.610. The fourth-order valence-electron chi connectivity index (χ4n) is 0.334. The predicted molar refractivity (Wildman–Crippen MR) is 22.6 cm³/mol. The molecule has 2 nitrogen and oxygen atoms in total. The van der Waals surface area contributed by atoms with Gasteiger partial charge in [-0.3, -0.25) is 5.41 Å². The Balaban J connectivity index is 2.52. The maximum Gasteiger partial charge on any atom is 0.190 e. The molecule has 0 saturated carbocycles. The van der Waals surface area contributed by atoms with E-state index in [1.807, 2.05) is 6.08 Å². The van der Waals surface area contributed by atoms with Crippen LogP contribution in [0.15, 0.2) is 12.3 Å². The van der Waals surface area contributed by atoms with Crippen molar-refractivity contribution in [2.45, 2.75) is 6.42 Å². The first-order valence-corrected chi connectivity index (χ1v) is 1.78. The predicted octanol–water partition coefficient (Wildman–Crippen LogP) is 0.898. The topological polar surface area (TPSA) is 33.1 Å². The Morgan fingerprint density at radius 3 is 2.83 bits per heavy atom. The minimum atomic E-state index is 0.343. The summed E-state index contributed by atoms with van der Waals surface area (Å²) in [6, 6.07) is 0. The Labute approximate surface area is 35.9 Å². The average Bonchev–Trinajstić information content (AvgIpc) is 1.86. The van der Waals surface area contributed by atoms with Gasteiger partial charge in [0.15, 0.2) is 5.90 Å². The SMILES string of the molecule is N=C1CC=CO1. The van der Waals surface area contributed by atoms with Crippen molar-refractivity contribution >= 4 is 5.90 Å². The van der Waals surface area contributed by atoms with Gasteiger partial charge in [0.05, 0.1) is 6.26 Å². The molecule has 0 fully saturated rings. The highest BCUT2D eigenvalue weighted by Gasteiger charge is 1.95. The summed E-state index contributed by atoms with van der Waals surface area (Å²) in [6.45, 7) is 0. The molecule has 0 radical (unpaired) electrons. The smallest absolute Gasteiger partial charge is 0.190 e. The first-order valence-electron chi connectivity index (χ1n) is 1.78. The molecule has 0 aromatic carbocycles. The number of rotatable bonds is 0. The Hall–Kier alpha value is -0.790. The average molecular weight is 83.1 g/mol. The molecule has 0 saturated heterocycles. The third kappa shape index (κ3) is 0.407. The molecule has 1 aliphatic heterocycles. The van der Waals surface area contributed by atoms with E-state index in [4.69, 9.17) is 5.41 Å². The van der Waals surface area contributed by atoms with Crippen molar-refractivity contribution in [1.82, 2.24) is 0 Å². The molecule has 0 aliphatic carbocycles. The molecular weight excluding hydrogens is 78.0 g/mol. The summed E-state index contributed by atoms with van der Waals surface area (Å²) in [5.41, 5.74) is 0. The van der Waals surface area contributed by atoms with Gasteiger partial charge in [0.2, 0.25) is 0 Å². The van der Waals surface area contributed by atoms with E-state index in [0.717, 1.165) is 0 Å². The highest BCUT2D eigenvalue weighted by molar-refractivity contribution is 5.76. The molecule has 0 spiro atoms. The molecule has 32 valence electrons. The van der Waals surface area contributed by atoms with Crippen LogP contribution in [0.3, 0.4) is 0 Å². The van der Waals surface area contributed by atoms with E-state index in [2.05, 4.69) is 4.74 Å². The minimum Gasteiger partial charge on any atom is -0.451 e. The summed E-state index contributed by atoms with van der Waals surface area (Å²) in [5.74, 6) is 0.343. The zero-order valence-corrected chi connectivity index (χ0v) is 3.27. The lowest BCUT2D eigenvalue weighted by atomic mass is 10.5. The summed E-state index contributed by atoms with van der Waals surface area (Å²) >= 11 is 0. The van der Waals surface area contributed by atoms with Gasteiger partial charge in [-0.05, 0) is 6.08 Å². The van der Waals surface area contributed by atoms with E-state index in [9.17, 15) is 0 Å². The van der Waals surface area contributed by atoms with Gasteiger partial charge in [-0.15, -0.1) is 0 Å². The van der Waals surface area contributed by atoms with Crippen molar-refractivity contribution in [2.75, 3.05) is 0 Å². The van der Waals surface area contributed by atoms with Crippen molar-refractivity contribution < 1.29 is 4.74 Å². The molecule has 1 aliphatic rings. The molecule has 0 amide bonds. The van der Waals surface area contributed by atoms with Crippen molar-refractivity contribution in [3.05, 3.63) is 12.3 Å². The number of hydrogen-bond acceptors (Lipinski definition) is 2. The van der Waals surface area contributed by atoms with E-state index in [1.54, 1.807) is 0 Å². The number of hydrogen-bond donors (Lipinski definition) is 1. The first-order chi connectivity index (χ1) is 2.89. The van der Waals surface area contributed by atoms with Crippen LogP contribution in [0.5, 0.6) is 0 Å². The molecule has 6 heavy (non-hydrogen) atoms. The normalized spacial score (nSPS) is 18.3. The highest BCUT2D eigenvalue weighted by atomic mass is 16.5. The van der Waals surface area contributed by atoms with E-state index >= 15 is 0 Å². The van der Waals surface area contributed by atoms with E-state index < -0.39 is 0 Å². The first kappa shape index (κ1) is 3.40. The zero-order valence-electron chi connectivity index (χ0n) is 3.27. The Kier molecular flexibility index (Phi) is 0.638. The molecule has 0 aromatic heterocycles. The summed E-state index contributed by atoms with van der Waals surface area (Å²) in [4.78, 5) is 0. The second-order valence-electron chi connectivity index (χ2n) is 1.12.